The van der Waals surface area contributed by atoms with Gasteiger partial charge in [-0.05, 0) is 45.4 Å². The zero-order valence-electron chi connectivity index (χ0n) is 18.9. The summed E-state index contributed by atoms with van der Waals surface area (Å²) in [5.41, 5.74) is 3.69. The maximum atomic E-state index is 13.7. The molecule has 1 aromatic carbocycles. The number of hydrogen-bond acceptors (Lipinski definition) is 5. The predicted octanol–water partition coefficient (Wildman–Crippen LogP) is 4.52. The van der Waals surface area contributed by atoms with Crippen molar-refractivity contribution in [2.45, 2.75) is 40.3 Å². The molecule has 7 heteroatoms. The van der Waals surface area contributed by atoms with E-state index in [0.29, 0.717) is 28.8 Å². The van der Waals surface area contributed by atoms with E-state index in [-0.39, 0.29) is 25.1 Å². The van der Waals surface area contributed by atoms with Crippen LogP contribution in [-0.2, 0) is 6.54 Å². The lowest BCUT2D eigenvalue weighted by atomic mass is 10.1. The maximum absolute atomic E-state index is 13.7. The van der Waals surface area contributed by atoms with Gasteiger partial charge in [0.05, 0.1) is 29.4 Å². The van der Waals surface area contributed by atoms with Crippen molar-refractivity contribution in [2.75, 3.05) is 13.2 Å². The second-order valence-corrected chi connectivity index (χ2v) is 8.24. The van der Waals surface area contributed by atoms with E-state index in [1.165, 1.54) is 0 Å². The number of hydrogen-bond donors (Lipinski definition) is 1. The standard InChI is InChI=1S/C25H28N4O3/c1-16(2)29-24-22(14-26-29)21(13-23(27-24)20-12-17(3)32-18(20)4)25(31)28(10-11-30)15-19-8-6-5-7-9-19/h5-9,12-14,16,30H,10-11,15H2,1-4H3. The van der Waals surface area contributed by atoms with E-state index in [1.807, 2.05) is 74.8 Å². The number of rotatable bonds is 7. The highest BCUT2D eigenvalue weighted by atomic mass is 16.3. The van der Waals surface area contributed by atoms with Crippen molar-refractivity contribution in [1.82, 2.24) is 19.7 Å². The number of aryl methyl sites for hydroxylation is 2. The van der Waals surface area contributed by atoms with Crippen LogP contribution in [0.4, 0.5) is 0 Å². The van der Waals surface area contributed by atoms with Crippen LogP contribution in [0.1, 0.15) is 47.3 Å². The number of nitrogens with zero attached hydrogens (tertiary/aromatic N) is 4. The molecule has 1 N–H and O–H groups in total. The van der Waals surface area contributed by atoms with Crippen molar-refractivity contribution >= 4 is 16.9 Å². The molecule has 3 aromatic heterocycles. The summed E-state index contributed by atoms with van der Waals surface area (Å²) in [5.74, 6) is 1.37. The number of fused-ring (bicyclic) bond motifs is 1. The summed E-state index contributed by atoms with van der Waals surface area (Å²) in [6.45, 7) is 8.36. The van der Waals surface area contributed by atoms with Crippen LogP contribution in [0.15, 0.2) is 53.1 Å². The Morgan fingerprint density at radius 1 is 1.19 bits per heavy atom. The molecule has 4 rings (SSSR count). The topological polar surface area (TPSA) is 84.4 Å². The number of furan rings is 1. The van der Waals surface area contributed by atoms with Crippen LogP contribution in [-0.4, -0.2) is 43.8 Å². The monoisotopic (exact) mass is 432 g/mol. The molecule has 4 aromatic rings. The number of benzene rings is 1. The lowest BCUT2D eigenvalue weighted by Crippen LogP contribution is -2.33. The smallest absolute Gasteiger partial charge is 0.255 e. The van der Waals surface area contributed by atoms with Gasteiger partial charge in [-0.15, -0.1) is 0 Å². The normalized spacial score (nSPS) is 11.4. The third kappa shape index (κ3) is 4.16. The van der Waals surface area contributed by atoms with E-state index < -0.39 is 0 Å². The fourth-order valence-corrected chi connectivity index (χ4v) is 3.94. The van der Waals surface area contributed by atoms with E-state index >= 15 is 0 Å². The van der Waals surface area contributed by atoms with Crippen LogP contribution < -0.4 is 0 Å². The summed E-state index contributed by atoms with van der Waals surface area (Å²) in [6.07, 6.45) is 1.70. The number of aromatic nitrogens is 3. The minimum atomic E-state index is -0.169. The molecule has 0 saturated heterocycles. The van der Waals surface area contributed by atoms with Crippen LogP contribution >= 0.6 is 0 Å². The molecule has 0 aliphatic heterocycles. The summed E-state index contributed by atoms with van der Waals surface area (Å²) >= 11 is 0. The lowest BCUT2D eigenvalue weighted by Gasteiger charge is -2.22. The van der Waals surface area contributed by atoms with Gasteiger partial charge >= 0.3 is 0 Å². The summed E-state index contributed by atoms with van der Waals surface area (Å²) in [6, 6.07) is 13.6. The van der Waals surface area contributed by atoms with Gasteiger partial charge in [-0.3, -0.25) is 4.79 Å². The first-order valence-electron chi connectivity index (χ1n) is 10.8. The molecule has 0 aliphatic rings. The summed E-state index contributed by atoms with van der Waals surface area (Å²) in [5, 5.41) is 14.8. The van der Waals surface area contributed by atoms with E-state index in [1.54, 1.807) is 11.1 Å². The maximum Gasteiger partial charge on any atom is 0.255 e. The highest BCUT2D eigenvalue weighted by Crippen LogP contribution is 2.30. The van der Waals surface area contributed by atoms with Crippen LogP contribution in [0.2, 0.25) is 0 Å². The van der Waals surface area contributed by atoms with E-state index in [0.717, 1.165) is 22.6 Å². The fourth-order valence-electron chi connectivity index (χ4n) is 3.94. The van der Waals surface area contributed by atoms with E-state index in [9.17, 15) is 9.90 Å². The fraction of sp³-hybridized carbons (Fsp3) is 0.320. The summed E-state index contributed by atoms with van der Waals surface area (Å²) in [7, 11) is 0. The Morgan fingerprint density at radius 2 is 1.94 bits per heavy atom. The number of aliphatic hydroxyl groups is 1. The van der Waals surface area contributed by atoms with Crippen molar-refractivity contribution in [2.24, 2.45) is 0 Å². The molecule has 3 heterocycles. The molecule has 166 valence electrons. The Hall–Kier alpha value is -3.45. The highest BCUT2D eigenvalue weighted by Gasteiger charge is 2.23. The Labute approximate surface area is 187 Å². The molecule has 0 aliphatic carbocycles. The molecule has 0 spiro atoms. The first-order valence-corrected chi connectivity index (χ1v) is 10.8. The number of carbonyl (C=O) groups excluding carboxylic acids is 1. The Balaban J connectivity index is 1.85. The molecule has 1 amide bonds. The van der Waals surface area contributed by atoms with Gasteiger partial charge < -0.3 is 14.4 Å². The third-order valence-electron chi connectivity index (χ3n) is 5.48. The first-order chi connectivity index (χ1) is 15.4. The van der Waals surface area contributed by atoms with Gasteiger partial charge in [-0.25, -0.2) is 9.67 Å². The predicted molar refractivity (Wildman–Crippen MR) is 123 cm³/mol. The van der Waals surface area contributed by atoms with Gasteiger partial charge in [0.15, 0.2) is 5.65 Å². The first kappa shape index (κ1) is 21.8. The molecule has 0 fully saturated rings. The molecule has 0 saturated carbocycles. The van der Waals surface area contributed by atoms with Gasteiger partial charge in [0.1, 0.15) is 11.5 Å². The summed E-state index contributed by atoms with van der Waals surface area (Å²) in [4.78, 5) is 20.2. The van der Waals surface area contributed by atoms with Gasteiger partial charge in [-0.2, -0.15) is 5.10 Å². The molecular weight excluding hydrogens is 404 g/mol. The average Bonchev–Trinajstić information content (AvgIpc) is 3.35. The molecule has 7 nitrogen and oxygen atoms in total. The number of pyridine rings is 1. The third-order valence-corrected chi connectivity index (χ3v) is 5.48. The molecule has 0 radical (unpaired) electrons. The Bertz CT molecular complexity index is 1240. The summed E-state index contributed by atoms with van der Waals surface area (Å²) < 4.78 is 7.54. The van der Waals surface area contributed by atoms with Crippen molar-refractivity contribution in [3.05, 3.63) is 71.3 Å². The SMILES string of the molecule is Cc1cc(-c2cc(C(=O)N(CCO)Cc3ccccc3)c3cnn(C(C)C)c3n2)c(C)o1. The largest absolute Gasteiger partial charge is 0.466 e. The number of carbonyl (C=O) groups is 1. The van der Waals surface area contributed by atoms with Crippen molar-refractivity contribution in [3.63, 3.8) is 0 Å². The number of amides is 1. The van der Waals surface area contributed by atoms with Crippen molar-refractivity contribution in [3.8, 4) is 11.3 Å². The van der Waals surface area contributed by atoms with Crippen LogP contribution in [0.3, 0.4) is 0 Å². The second kappa shape index (κ2) is 8.96. The Morgan fingerprint density at radius 3 is 2.56 bits per heavy atom. The van der Waals surface area contributed by atoms with Crippen LogP contribution in [0, 0.1) is 13.8 Å². The zero-order valence-corrected chi connectivity index (χ0v) is 18.9. The van der Waals surface area contributed by atoms with Crippen molar-refractivity contribution in [1.29, 1.82) is 0 Å². The zero-order chi connectivity index (χ0) is 22.8. The van der Waals surface area contributed by atoms with E-state index in [4.69, 9.17) is 9.40 Å². The molecule has 32 heavy (non-hydrogen) atoms. The molecule has 0 unspecified atom stereocenters. The average molecular weight is 433 g/mol. The molecule has 0 atom stereocenters. The van der Waals surface area contributed by atoms with Crippen LogP contribution in [0.5, 0.6) is 0 Å². The second-order valence-electron chi connectivity index (χ2n) is 8.24. The van der Waals surface area contributed by atoms with E-state index in [2.05, 4.69) is 5.10 Å². The van der Waals surface area contributed by atoms with Gasteiger partial charge in [0, 0.05) is 24.7 Å². The van der Waals surface area contributed by atoms with Gasteiger partial charge in [0.25, 0.3) is 5.91 Å². The number of aliphatic hydroxyl groups excluding tert-OH is 1. The quantitative estimate of drug-likeness (QED) is 0.464. The molecule has 0 bridgehead atoms. The Kier molecular flexibility index (Phi) is 6.10. The highest BCUT2D eigenvalue weighted by molar-refractivity contribution is 6.06. The minimum absolute atomic E-state index is 0.0863. The minimum Gasteiger partial charge on any atom is -0.466 e. The lowest BCUT2D eigenvalue weighted by molar-refractivity contribution is 0.0710. The van der Waals surface area contributed by atoms with Gasteiger partial charge in [0.2, 0.25) is 0 Å². The van der Waals surface area contributed by atoms with Crippen LogP contribution in [0.25, 0.3) is 22.3 Å². The van der Waals surface area contributed by atoms with Crippen molar-refractivity contribution < 1.29 is 14.3 Å². The molecular formula is C25H28N4O3. The van der Waals surface area contributed by atoms with Gasteiger partial charge in [-0.1, -0.05) is 30.3 Å².